The first-order valence-electron chi connectivity index (χ1n) is 8.26. The summed E-state index contributed by atoms with van der Waals surface area (Å²) in [5.41, 5.74) is 1.38. The Balaban J connectivity index is 1.63. The Hall–Kier alpha value is -2.54. The number of piperazine rings is 1. The number of pyridine rings is 1. The van der Waals surface area contributed by atoms with E-state index in [9.17, 15) is 13.6 Å². The number of halogens is 2. The lowest BCUT2D eigenvalue weighted by molar-refractivity contribution is 0.0637. The maximum Gasteiger partial charge on any atom is 0.272 e. The summed E-state index contributed by atoms with van der Waals surface area (Å²) in [6.07, 6.45) is 1.51. The number of carbonyl (C=O) groups excluding carboxylic acids is 1. The minimum Gasteiger partial charge on any atom is -0.354 e. The molecule has 0 aliphatic carbocycles. The van der Waals surface area contributed by atoms with Crippen LogP contribution in [0.15, 0.2) is 36.5 Å². The highest BCUT2D eigenvalue weighted by Gasteiger charge is 2.22. The molecule has 5 nitrogen and oxygen atoms in total. The molecule has 0 radical (unpaired) electrons. The number of benzene rings is 1. The van der Waals surface area contributed by atoms with Gasteiger partial charge in [-0.05, 0) is 30.8 Å². The third kappa shape index (κ3) is 4.11. The average molecular weight is 346 g/mol. The zero-order valence-corrected chi connectivity index (χ0v) is 14.0. The van der Waals surface area contributed by atoms with E-state index in [0.29, 0.717) is 30.2 Å². The molecule has 3 rings (SSSR count). The van der Waals surface area contributed by atoms with Gasteiger partial charge in [-0.15, -0.1) is 0 Å². The molecule has 0 atom stereocenters. The highest BCUT2D eigenvalue weighted by molar-refractivity contribution is 5.92. The van der Waals surface area contributed by atoms with Gasteiger partial charge in [0.15, 0.2) is 11.6 Å². The van der Waals surface area contributed by atoms with Crippen molar-refractivity contribution in [3.05, 3.63) is 53.9 Å². The summed E-state index contributed by atoms with van der Waals surface area (Å²) in [6.45, 7) is 6.24. The lowest BCUT2D eigenvalue weighted by atomic mass is 10.2. The molecule has 0 bridgehead atoms. The minimum absolute atomic E-state index is 0.0878. The molecule has 1 amide bonds. The van der Waals surface area contributed by atoms with Gasteiger partial charge < -0.3 is 15.1 Å². The fourth-order valence-electron chi connectivity index (χ4n) is 2.76. The van der Waals surface area contributed by atoms with E-state index in [2.05, 4.69) is 22.1 Å². The average Bonchev–Trinajstić information content (AvgIpc) is 2.65. The molecule has 2 heterocycles. The predicted molar refractivity (Wildman–Crippen MR) is 91.9 cm³/mol. The van der Waals surface area contributed by atoms with Gasteiger partial charge in [0.05, 0.1) is 11.9 Å². The Morgan fingerprint density at radius 1 is 1.08 bits per heavy atom. The van der Waals surface area contributed by atoms with E-state index in [4.69, 9.17) is 0 Å². The quantitative estimate of drug-likeness (QED) is 0.925. The van der Waals surface area contributed by atoms with Crippen molar-refractivity contribution in [2.45, 2.75) is 6.92 Å². The molecule has 1 aliphatic heterocycles. The summed E-state index contributed by atoms with van der Waals surface area (Å²) in [5.74, 6) is -1.90. The van der Waals surface area contributed by atoms with Crippen molar-refractivity contribution in [2.24, 2.45) is 0 Å². The van der Waals surface area contributed by atoms with E-state index in [1.807, 2.05) is 0 Å². The summed E-state index contributed by atoms with van der Waals surface area (Å²) in [7, 11) is 0. The number of likely N-dealkylation sites (N-methyl/N-ethyl adjacent to an activating group) is 1. The van der Waals surface area contributed by atoms with E-state index in [0.717, 1.165) is 31.8 Å². The van der Waals surface area contributed by atoms with E-state index in [1.165, 1.54) is 12.3 Å². The van der Waals surface area contributed by atoms with Gasteiger partial charge in [0, 0.05) is 37.9 Å². The number of hydrogen-bond donors (Lipinski definition) is 1. The number of amides is 1. The number of nitrogens with one attached hydrogen (secondary N) is 1. The highest BCUT2D eigenvalue weighted by atomic mass is 19.2. The van der Waals surface area contributed by atoms with Crippen molar-refractivity contribution < 1.29 is 13.6 Å². The topological polar surface area (TPSA) is 48.5 Å². The Morgan fingerprint density at radius 2 is 1.80 bits per heavy atom. The van der Waals surface area contributed by atoms with E-state index in [1.54, 1.807) is 17.0 Å². The van der Waals surface area contributed by atoms with Gasteiger partial charge in [0.2, 0.25) is 0 Å². The molecule has 1 aliphatic rings. The molecular weight excluding hydrogens is 326 g/mol. The SMILES string of the molecule is CCN1CCN(C(=O)c2ccc(Nc3ccc(F)c(F)c3)cn2)CC1. The van der Waals surface area contributed by atoms with E-state index < -0.39 is 11.6 Å². The fraction of sp³-hybridized carbons (Fsp3) is 0.333. The first-order chi connectivity index (χ1) is 12.1. The van der Waals surface area contributed by atoms with Gasteiger partial charge in [0.1, 0.15) is 5.69 Å². The smallest absolute Gasteiger partial charge is 0.272 e. The van der Waals surface area contributed by atoms with Crippen LogP contribution in [0.25, 0.3) is 0 Å². The molecule has 0 spiro atoms. The van der Waals surface area contributed by atoms with Crippen LogP contribution < -0.4 is 5.32 Å². The first kappa shape index (κ1) is 17.3. The molecule has 25 heavy (non-hydrogen) atoms. The number of aromatic nitrogens is 1. The lowest BCUT2D eigenvalue weighted by Crippen LogP contribution is -2.48. The monoisotopic (exact) mass is 346 g/mol. The largest absolute Gasteiger partial charge is 0.354 e. The molecule has 1 saturated heterocycles. The zero-order chi connectivity index (χ0) is 17.8. The van der Waals surface area contributed by atoms with Gasteiger partial charge in [-0.25, -0.2) is 13.8 Å². The number of carbonyl (C=O) groups is 1. The van der Waals surface area contributed by atoms with Crippen LogP contribution in [0, 0.1) is 11.6 Å². The van der Waals surface area contributed by atoms with Gasteiger partial charge >= 0.3 is 0 Å². The van der Waals surface area contributed by atoms with Crippen molar-refractivity contribution in [1.29, 1.82) is 0 Å². The Kier molecular flexibility index (Phi) is 5.23. The molecule has 1 N–H and O–H groups in total. The molecular formula is C18H20F2N4O. The summed E-state index contributed by atoms with van der Waals surface area (Å²) in [6, 6.07) is 6.89. The summed E-state index contributed by atoms with van der Waals surface area (Å²) < 4.78 is 26.2. The molecule has 0 saturated carbocycles. The molecule has 2 aromatic rings. The summed E-state index contributed by atoms with van der Waals surface area (Å²) >= 11 is 0. The lowest BCUT2D eigenvalue weighted by Gasteiger charge is -2.33. The van der Waals surface area contributed by atoms with Crippen LogP contribution in [0.5, 0.6) is 0 Å². The summed E-state index contributed by atoms with van der Waals surface area (Å²) in [4.78, 5) is 20.8. The van der Waals surface area contributed by atoms with Crippen LogP contribution in [0.2, 0.25) is 0 Å². The number of rotatable bonds is 4. The van der Waals surface area contributed by atoms with Crippen molar-refractivity contribution in [2.75, 3.05) is 38.0 Å². The molecule has 1 fully saturated rings. The zero-order valence-electron chi connectivity index (χ0n) is 14.0. The molecule has 1 aromatic carbocycles. The minimum atomic E-state index is -0.920. The van der Waals surface area contributed by atoms with E-state index in [-0.39, 0.29) is 5.91 Å². The van der Waals surface area contributed by atoms with Crippen molar-refractivity contribution in [1.82, 2.24) is 14.8 Å². The van der Waals surface area contributed by atoms with Crippen LogP contribution in [-0.2, 0) is 0 Å². The summed E-state index contributed by atoms with van der Waals surface area (Å²) in [5, 5.41) is 2.93. The first-order valence-corrected chi connectivity index (χ1v) is 8.26. The van der Waals surface area contributed by atoms with Crippen LogP contribution in [0.3, 0.4) is 0 Å². The molecule has 0 unspecified atom stereocenters. The van der Waals surface area contributed by atoms with Crippen molar-refractivity contribution in [3.63, 3.8) is 0 Å². The second-order valence-corrected chi connectivity index (χ2v) is 5.91. The van der Waals surface area contributed by atoms with Crippen molar-refractivity contribution >= 4 is 17.3 Å². The van der Waals surface area contributed by atoms with Gasteiger partial charge in [-0.3, -0.25) is 4.79 Å². The molecule has 132 valence electrons. The van der Waals surface area contributed by atoms with E-state index >= 15 is 0 Å². The predicted octanol–water partition coefficient (Wildman–Crippen LogP) is 2.88. The second kappa shape index (κ2) is 7.57. The van der Waals surface area contributed by atoms with Gasteiger partial charge in [-0.2, -0.15) is 0 Å². The normalized spacial score (nSPS) is 15.2. The molecule has 1 aromatic heterocycles. The number of nitrogens with zero attached hydrogens (tertiary/aromatic N) is 3. The van der Waals surface area contributed by atoms with Gasteiger partial charge in [0.25, 0.3) is 5.91 Å². The van der Waals surface area contributed by atoms with Crippen LogP contribution >= 0.6 is 0 Å². The Morgan fingerprint density at radius 3 is 2.40 bits per heavy atom. The number of hydrogen-bond acceptors (Lipinski definition) is 4. The molecule has 7 heteroatoms. The maximum atomic E-state index is 13.2. The Labute approximate surface area is 145 Å². The fourth-order valence-corrected chi connectivity index (χ4v) is 2.76. The van der Waals surface area contributed by atoms with Gasteiger partial charge in [-0.1, -0.05) is 6.92 Å². The van der Waals surface area contributed by atoms with Crippen LogP contribution in [-0.4, -0.2) is 53.4 Å². The Bertz CT molecular complexity index is 743. The third-order valence-electron chi connectivity index (χ3n) is 4.30. The maximum absolute atomic E-state index is 13.2. The van der Waals surface area contributed by atoms with Crippen LogP contribution in [0.4, 0.5) is 20.2 Å². The number of anilines is 2. The third-order valence-corrected chi connectivity index (χ3v) is 4.30. The van der Waals surface area contributed by atoms with Crippen LogP contribution in [0.1, 0.15) is 17.4 Å². The van der Waals surface area contributed by atoms with Crippen molar-refractivity contribution in [3.8, 4) is 0 Å². The standard InChI is InChI=1S/C18H20F2N4O/c1-2-23-7-9-24(10-8-23)18(25)17-6-4-14(12-21-17)22-13-3-5-15(19)16(20)11-13/h3-6,11-12,22H,2,7-10H2,1H3. The highest BCUT2D eigenvalue weighted by Crippen LogP contribution is 2.19. The second-order valence-electron chi connectivity index (χ2n) is 5.91.